The second-order valence-electron chi connectivity index (χ2n) is 14.5. The highest BCUT2D eigenvalue weighted by Gasteiger charge is 2.85. The molecule has 0 radical (unpaired) electrons. The van der Waals surface area contributed by atoms with Crippen molar-refractivity contribution in [2.75, 3.05) is 0 Å². The predicted octanol–water partition coefficient (Wildman–Crippen LogP) is 5.16. The fraction of sp³-hybridized carbons (Fsp3) is 0.900. The van der Waals surface area contributed by atoms with Crippen LogP contribution in [0.2, 0.25) is 0 Å². The average Bonchev–Trinajstić information content (AvgIpc) is 3.11. The van der Waals surface area contributed by atoms with Gasteiger partial charge in [0.1, 0.15) is 16.6 Å². The fourth-order valence-electron chi connectivity index (χ4n) is 10.2. The topological polar surface area (TPSA) is 87.0 Å². The lowest BCUT2D eigenvalue weighted by Crippen LogP contribution is -2.68. The van der Waals surface area contributed by atoms with Crippen molar-refractivity contribution >= 4 is 5.97 Å². The number of fused-ring (bicyclic) bond motifs is 4. The van der Waals surface area contributed by atoms with Crippen molar-refractivity contribution in [1.82, 2.24) is 0 Å². The van der Waals surface area contributed by atoms with Crippen LogP contribution in [0, 0.1) is 39.4 Å². The van der Waals surface area contributed by atoms with Crippen molar-refractivity contribution in [2.45, 2.75) is 130 Å². The highest BCUT2D eigenvalue weighted by atomic mass is 16.6. The van der Waals surface area contributed by atoms with E-state index in [1.54, 1.807) is 0 Å². The first-order valence-electron chi connectivity index (χ1n) is 14.2. The van der Waals surface area contributed by atoms with Gasteiger partial charge in [0.15, 0.2) is 0 Å². The molecular weight excluding hydrogens is 440 g/mol. The maximum atomic E-state index is 13.9. The van der Waals surface area contributed by atoms with E-state index < -0.39 is 34.1 Å². The van der Waals surface area contributed by atoms with E-state index in [0.717, 1.165) is 38.5 Å². The van der Waals surface area contributed by atoms with Crippen molar-refractivity contribution in [3.63, 3.8) is 0 Å². The number of aliphatic hydroxyl groups is 3. The van der Waals surface area contributed by atoms with E-state index in [1.165, 1.54) is 5.57 Å². The molecule has 1 aliphatic heterocycles. The molecule has 5 nitrogen and oxygen atoms in total. The zero-order valence-electron chi connectivity index (χ0n) is 23.0. The Morgan fingerprint density at radius 2 is 1.71 bits per heavy atom. The van der Waals surface area contributed by atoms with E-state index in [0.29, 0.717) is 31.1 Å². The Morgan fingerprint density at radius 3 is 2.37 bits per heavy atom. The van der Waals surface area contributed by atoms with Crippen LogP contribution in [0.3, 0.4) is 0 Å². The molecule has 3 saturated carbocycles. The Morgan fingerprint density at radius 1 is 1.03 bits per heavy atom. The summed E-state index contributed by atoms with van der Waals surface area (Å²) in [6.45, 7) is 15.1. The summed E-state index contributed by atoms with van der Waals surface area (Å²) in [4.78, 5) is 13.9. The molecular formula is C30H48O5. The molecule has 9 atom stereocenters. The Kier molecular flexibility index (Phi) is 5.56. The summed E-state index contributed by atoms with van der Waals surface area (Å²) in [7, 11) is 0. The number of cyclic esters (lactones) is 1. The van der Waals surface area contributed by atoms with Crippen molar-refractivity contribution in [2.24, 2.45) is 39.4 Å². The van der Waals surface area contributed by atoms with Gasteiger partial charge >= 0.3 is 5.97 Å². The van der Waals surface area contributed by atoms with E-state index in [-0.39, 0.29) is 22.9 Å². The predicted molar refractivity (Wildman–Crippen MR) is 135 cm³/mol. The number of aliphatic hydroxyl groups excluding tert-OH is 2. The number of allylic oxidation sites excluding steroid dienone is 1. The number of hydrogen-bond donors (Lipinski definition) is 3. The van der Waals surface area contributed by atoms with Gasteiger partial charge in [-0.3, -0.25) is 4.79 Å². The molecule has 1 spiro atoms. The number of esters is 1. The van der Waals surface area contributed by atoms with Crippen LogP contribution >= 0.6 is 0 Å². The fourth-order valence-corrected chi connectivity index (χ4v) is 10.2. The van der Waals surface area contributed by atoms with Gasteiger partial charge in [-0.05, 0) is 92.3 Å². The van der Waals surface area contributed by atoms with Crippen LogP contribution in [0.1, 0.15) is 106 Å². The molecule has 1 heterocycles. The standard InChI is InChI=1S/C30H48O5/c1-18(2)9-8-13-28(7)29(34)16-15-27(6)19-10-11-21-25(3,4)22(31)12-14-26(21,5)20(19)17-23(32)30(27,29)24(33)35-28/h17-19,21-23,31-32,34H,8-16H2,1-7H3/t19-,21-,22-,23+,26+,27-,28-,29-,30-/m0/s1. The second-order valence-corrected chi connectivity index (χ2v) is 14.5. The molecule has 0 aromatic carbocycles. The zero-order chi connectivity index (χ0) is 25.8. The summed E-state index contributed by atoms with van der Waals surface area (Å²) in [5.41, 5.74) is -3.32. The smallest absolute Gasteiger partial charge is 0.319 e. The first kappa shape index (κ1) is 25.7. The second kappa shape index (κ2) is 7.57. The van der Waals surface area contributed by atoms with Crippen LogP contribution in [0.25, 0.3) is 0 Å². The average molecular weight is 489 g/mol. The van der Waals surface area contributed by atoms with Gasteiger partial charge in [0, 0.05) is 0 Å². The first-order valence-corrected chi connectivity index (χ1v) is 14.2. The molecule has 0 aromatic rings. The van der Waals surface area contributed by atoms with Crippen LogP contribution in [0.4, 0.5) is 0 Å². The van der Waals surface area contributed by atoms with E-state index in [1.807, 2.05) is 13.0 Å². The first-order chi connectivity index (χ1) is 16.1. The Labute approximate surface area is 211 Å². The molecule has 4 aliphatic carbocycles. The van der Waals surface area contributed by atoms with Crippen molar-refractivity contribution in [3.05, 3.63) is 11.6 Å². The van der Waals surface area contributed by atoms with Gasteiger partial charge in [-0.15, -0.1) is 0 Å². The number of hydrogen-bond acceptors (Lipinski definition) is 5. The van der Waals surface area contributed by atoms with Gasteiger partial charge in [0.05, 0.1) is 12.2 Å². The molecule has 5 aliphatic rings. The Hall–Kier alpha value is -0.910. The summed E-state index contributed by atoms with van der Waals surface area (Å²) >= 11 is 0. The molecule has 5 rings (SSSR count). The normalized spacial score (nSPS) is 52.3. The summed E-state index contributed by atoms with van der Waals surface area (Å²) in [6.07, 6.45) is 7.83. The lowest BCUT2D eigenvalue weighted by atomic mass is 9.40. The molecule has 0 aromatic heterocycles. The quantitative estimate of drug-likeness (QED) is 0.376. The maximum Gasteiger partial charge on any atom is 0.319 e. The minimum atomic E-state index is -1.38. The highest BCUT2D eigenvalue weighted by molar-refractivity contribution is 5.86. The molecule has 0 unspecified atom stereocenters. The minimum absolute atomic E-state index is 0.123. The van der Waals surface area contributed by atoms with Gasteiger partial charge < -0.3 is 20.1 Å². The van der Waals surface area contributed by atoms with E-state index in [2.05, 4.69) is 41.5 Å². The Bertz CT molecular complexity index is 939. The summed E-state index contributed by atoms with van der Waals surface area (Å²) < 4.78 is 6.14. The number of ether oxygens (including phenoxy) is 1. The van der Waals surface area contributed by atoms with Crippen LogP contribution < -0.4 is 0 Å². The van der Waals surface area contributed by atoms with Gasteiger partial charge in [-0.2, -0.15) is 0 Å². The molecule has 4 fully saturated rings. The lowest BCUT2D eigenvalue weighted by molar-refractivity contribution is -0.188. The van der Waals surface area contributed by atoms with E-state index in [4.69, 9.17) is 4.74 Å². The third-order valence-corrected chi connectivity index (χ3v) is 12.3. The molecule has 0 bridgehead atoms. The maximum absolute atomic E-state index is 13.9. The number of rotatable bonds is 4. The molecule has 3 N–H and O–H groups in total. The largest absolute Gasteiger partial charge is 0.456 e. The van der Waals surface area contributed by atoms with Crippen LogP contribution in [-0.4, -0.2) is 44.7 Å². The summed E-state index contributed by atoms with van der Waals surface area (Å²) in [5, 5.41) is 35.2. The van der Waals surface area contributed by atoms with Gasteiger partial charge in [-0.25, -0.2) is 0 Å². The summed E-state index contributed by atoms with van der Waals surface area (Å²) in [6, 6.07) is 0. The van der Waals surface area contributed by atoms with Gasteiger partial charge in [-0.1, -0.05) is 59.6 Å². The van der Waals surface area contributed by atoms with E-state index in [9.17, 15) is 20.1 Å². The Balaban J connectivity index is 1.59. The van der Waals surface area contributed by atoms with Crippen molar-refractivity contribution in [3.8, 4) is 0 Å². The molecule has 0 amide bonds. The molecule has 198 valence electrons. The van der Waals surface area contributed by atoms with Crippen LogP contribution in [0.5, 0.6) is 0 Å². The third kappa shape index (κ3) is 2.84. The zero-order valence-corrected chi connectivity index (χ0v) is 23.0. The molecule has 1 saturated heterocycles. The van der Waals surface area contributed by atoms with Crippen LogP contribution in [-0.2, 0) is 9.53 Å². The summed E-state index contributed by atoms with van der Waals surface area (Å²) in [5.74, 6) is 0.593. The number of carbonyl (C=O) groups excluding carboxylic acids is 1. The monoisotopic (exact) mass is 488 g/mol. The van der Waals surface area contributed by atoms with E-state index >= 15 is 0 Å². The van der Waals surface area contributed by atoms with Gasteiger partial charge in [0.25, 0.3) is 0 Å². The lowest BCUT2D eigenvalue weighted by Gasteiger charge is -2.64. The van der Waals surface area contributed by atoms with Gasteiger partial charge in [0.2, 0.25) is 0 Å². The van der Waals surface area contributed by atoms with Crippen molar-refractivity contribution in [1.29, 1.82) is 0 Å². The molecule has 5 heteroatoms. The number of carbonyl (C=O) groups is 1. The van der Waals surface area contributed by atoms with Crippen LogP contribution in [0.15, 0.2) is 11.6 Å². The highest BCUT2D eigenvalue weighted by Crippen LogP contribution is 2.77. The molecule has 35 heavy (non-hydrogen) atoms. The SMILES string of the molecule is CC(C)CCC[C@]1(C)OC(=O)[C@@]23[C@H](O)C=C4[C@H](CC[C@H]5C(C)(C)[C@@H](O)CC[C@]45C)[C@]2(C)CC[C@@]31O. The minimum Gasteiger partial charge on any atom is -0.456 e. The third-order valence-electron chi connectivity index (χ3n) is 12.3. The van der Waals surface area contributed by atoms with Crippen molar-refractivity contribution < 1.29 is 24.9 Å².